The third-order valence-corrected chi connectivity index (χ3v) is 5.72. The highest BCUT2D eigenvalue weighted by Crippen LogP contribution is 2.20. The van der Waals surface area contributed by atoms with Gasteiger partial charge in [-0.05, 0) is 60.0 Å². The molecule has 0 fully saturated rings. The average Bonchev–Trinajstić information content (AvgIpc) is 2.82. The van der Waals surface area contributed by atoms with Crippen molar-refractivity contribution in [1.82, 2.24) is 9.47 Å². The van der Waals surface area contributed by atoms with Crippen LogP contribution in [0.15, 0.2) is 83.7 Å². The first-order valence-corrected chi connectivity index (χ1v) is 10.8. The predicted octanol–water partition coefficient (Wildman–Crippen LogP) is 4.36. The third kappa shape index (κ3) is 5.30. The zero-order valence-electron chi connectivity index (χ0n) is 18.7. The van der Waals surface area contributed by atoms with E-state index in [2.05, 4.69) is 0 Å². The summed E-state index contributed by atoms with van der Waals surface area (Å²) in [5, 5.41) is 11.3. The molecular formula is C27H27FN2O3. The van der Waals surface area contributed by atoms with Crippen LogP contribution >= 0.6 is 0 Å². The summed E-state index contributed by atoms with van der Waals surface area (Å²) in [6.07, 6.45) is -0.662. The molecule has 0 aliphatic rings. The molecule has 0 aliphatic heterocycles. The van der Waals surface area contributed by atoms with E-state index in [0.29, 0.717) is 36.5 Å². The van der Waals surface area contributed by atoms with Crippen molar-refractivity contribution in [2.75, 3.05) is 20.7 Å². The highest BCUT2D eigenvalue weighted by Gasteiger charge is 2.15. The molecule has 1 aromatic heterocycles. The Balaban J connectivity index is 1.66. The van der Waals surface area contributed by atoms with Gasteiger partial charge in [-0.3, -0.25) is 9.69 Å². The van der Waals surface area contributed by atoms with Gasteiger partial charge in [0.15, 0.2) is 0 Å². The molecule has 4 rings (SSSR count). The normalized spacial score (nSPS) is 12.3. The summed E-state index contributed by atoms with van der Waals surface area (Å²) in [6.45, 7) is 1.02. The maximum Gasteiger partial charge on any atom is 0.255 e. The number of aliphatic hydroxyl groups is 1. The Bertz CT molecular complexity index is 1300. The molecule has 0 radical (unpaired) electrons. The highest BCUT2D eigenvalue weighted by molar-refractivity contribution is 5.79. The standard InChI is InChI=1S/C27H27FN2O3/c1-29(18-26(31)20-8-4-3-5-9-20)17-22-14-21-11-12-23(28)15-25(21)30(27(22)32)16-19-7-6-10-24(13-19)33-2/h3-15,26,31H,16-18H2,1-2H3/t26-/m1/s1. The summed E-state index contributed by atoms with van der Waals surface area (Å²) in [4.78, 5) is 15.4. The van der Waals surface area contributed by atoms with E-state index in [-0.39, 0.29) is 5.56 Å². The second-order valence-electron chi connectivity index (χ2n) is 8.24. The Morgan fingerprint density at radius 3 is 2.58 bits per heavy atom. The number of fused-ring (bicyclic) bond motifs is 1. The molecule has 5 nitrogen and oxygen atoms in total. The van der Waals surface area contributed by atoms with Crippen molar-refractivity contribution in [1.29, 1.82) is 0 Å². The van der Waals surface area contributed by atoms with Crippen LogP contribution in [0, 0.1) is 5.82 Å². The van der Waals surface area contributed by atoms with Gasteiger partial charge in [0.05, 0.1) is 25.3 Å². The van der Waals surface area contributed by atoms with E-state index in [9.17, 15) is 14.3 Å². The van der Waals surface area contributed by atoms with Crippen LogP contribution in [0.4, 0.5) is 4.39 Å². The van der Waals surface area contributed by atoms with Crippen molar-refractivity contribution in [2.24, 2.45) is 0 Å². The first kappa shape index (κ1) is 22.7. The van der Waals surface area contributed by atoms with Crippen LogP contribution in [0.2, 0.25) is 0 Å². The fraction of sp³-hybridized carbons (Fsp3) is 0.222. The molecule has 0 aliphatic carbocycles. The molecule has 0 spiro atoms. The summed E-state index contributed by atoms with van der Waals surface area (Å²) in [5.41, 5.74) is 2.65. The fourth-order valence-corrected chi connectivity index (χ4v) is 4.06. The van der Waals surface area contributed by atoms with Crippen LogP contribution in [-0.2, 0) is 13.1 Å². The molecule has 170 valence electrons. The Hall–Kier alpha value is -3.48. The molecule has 6 heteroatoms. The number of pyridine rings is 1. The molecule has 33 heavy (non-hydrogen) atoms. The van der Waals surface area contributed by atoms with Crippen molar-refractivity contribution < 1.29 is 14.2 Å². The van der Waals surface area contributed by atoms with E-state index >= 15 is 0 Å². The van der Waals surface area contributed by atoms with Gasteiger partial charge in [0.1, 0.15) is 11.6 Å². The van der Waals surface area contributed by atoms with Gasteiger partial charge >= 0.3 is 0 Å². The number of hydrogen-bond acceptors (Lipinski definition) is 4. The lowest BCUT2D eigenvalue weighted by molar-refractivity contribution is 0.123. The van der Waals surface area contributed by atoms with Crippen LogP contribution in [0.25, 0.3) is 10.9 Å². The van der Waals surface area contributed by atoms with Gasteiger partial charge in [-0.25, -0.2) is 4.39 Å². The summed E-state index contributed by atoms with van der Waals surface area (Å²) in [6, 6.07) is 23.2. The van der Waals surface area contributed by atoms with Gasteiger partial charge in [-0.1, -0.05) is 42.5 Å². The third-order valence-electron chi connectivity index (χ3n) is 5.72. The molecule has 0 bridgehead atoms. The van der Waals surface area contributed by atoms with E-state index in [1.165, 1.54) is 12.1 Å². The van der Waals surface area contributed by atoms with Crippen LogP contribution < -0.4 is 10.3 Å². The second kappa shape index (κ2) is 9.98. The minimum absolute atomic E-state index is 0.183. The van der Waals surface area contributed by atoms with E-state index in [0.717, 1.165) is 16.5 Å². The van der Waals surface area contributed by atoms with Crippen LogP contribution in [0.1, 0.15) is 22.8 Å². The quantitative estimate of drug-likeness (QED) is 0.437. The van der Waals surface area contributed by atoms with Crippen LogP contribution in [-0.4, -0.2) is 35.3 Å². The van der Waals surface area contributed by atoms with Crippen LogP contribution in [0.5, 0.6) is 5.75 Å². The number of aliphatic hydroxyl groups excluding tert-OH is 1. The number of benzene rings is 3. The van der Waals surface area contributed by atoms with Gasteiger partial charge in [-0.2, -0.15) is 0 Å². The van der Waals surface area contributed by atoms with Gasteiger partial charge in [0.25, 0.3) is 5.56 Å². The van der Waals surface area contributed by atoms with Gasteiger partial charge in [0, 0.05) is 18.7 Å². The van der Waals surface area contributed by atoms with Crippen molar-refractivity contribution in [3.63, 3.8) is 0 Å². The average molecular weight is 447 g/mol. The Kier molecular flexibility index (Phi) is 6.87. The molecule has 0 saturated heterocycles. The van der Waals surface area contributed by atoms with E-state index in [1.54, 1.807) is 17.7 Å². The fourth-order valence-electron chi connectivity index (χ4n) is 4.06. The van der Waals surface area contributed by atoms with Gasteiger partial charge in [-0.15, -0.1) is 0 Å². The minimum Gasteiger partial charge on any atom is -0.497 e. The summed E-state index contributed by atoms with van der Waals surface area (Å²) in [5.74, 6) is 0.305. The lowest BCUT2D eigenvalue weighted by Crippen LogP contribution is -2.31. The largest absolute Gasteiger partial charge is 0.497 e. The molecule has 4 aromatic rings. The van der Waals surface area contributed by atoms with E-state index in [1.807, 2.05) is 72.6 Å². The van der Waals surface area contributed by atoms with E-state index in [4.69, 9.17) is 4.74 Å². The SMILES string of the molecule is COc1cccc(Cn2c(=O)c(CN(C)C[C@@H](O)c3ccccc3)cc3ccc(F)cc32)c1. The first-order chi connectivity index (χ1) is 15.9. The zero-order chi connectivity index (χ0) is 23.4. The highest BCUT2D eigenvalue weighted by atomic mass is 19.1. The smallest absolute Gasteiger partial charge is 0.255 e. The monoisotopic (exact) mass is 446 g/mol. The second-order valence-corrected chi connectivity index (χ2v) is 8.24. The lowest BCUT2D eigenvalue weighted by atomic mass is 10.1. The zero-order valence-corrected chi connectivity index (χ0v) is 18.7. The molecule has 1 heterocycles. The van der Waals surface area contributed by atoms with Crippen molar-refractivity contribution in [3.05, 3.63) is 112 Å². The number of rotatable bonds is 8. The molecule has 3 aromatic carbocycles. The number of hydrogen-bond donors (Lipinski definition) is 1. The van der Waals surface area contributed by atoms with Crippen LogP contribution in [0.3, 0.4) is 0 Å². The number of ether oxygens (including phenoxy) is 1. The Morgan fingerprint density at radius 1 is 1.03 bits per heavy atom. The minimum atomic E-state index is -0.662. The summed E-state index contributed by atoms with van der Waals surface area (Å²) in [7, 11) is 3.46. The molecule has 1 atom stereocenters. The first-order valence-electron chi connectivity index (χ1n) is 10.8. The number of nitrogens with zero attached hydrogens (tertiary/aromatic N) is 2. The van der Waals surface area contributed by atoms with Crippen molar-refractivity contribution in [2.45, 2.75) is 19.2 Å². The Labute approximate surface area is 192 Å². The number of methoxy groups -OCH3 is 1. The number of halogens is 1. The maximum absolute atomic E-state index is 14.0. The molecule has 0 saturated carbocycles. The maximum atomic E-state index is 14.0. The van der Waals surface area contributed by atoms with E-state index < -0.39 is 11.9 Å². The number of aromatic nitrogens is 1. The van der Waals surface area contributed by atoms with Crippen molar-refractivity contribution in [3.8, 4) is 5.75 Å². The lowest BCUT2D eigenvalue weighted by Gasteiger charge is -2.22. The molecule has 0 amide bonds. The van der Waals surface area contributed by atoms with Gasteiger partial charge in [0.2, 0.25) is 0 Å². The number of likely N-dealkylation sites (N-methyl/N-ethyl adjacent to an activating group) is 1. The molecule has 1 N–H and O–H groups in total. The Morgan fingerprint density at radius 2 is 1.82 bits per heavy atom. The predicted molar refractivity (Wildman–Crippen MR) is 128 cm³/mol. The van der Waals surface area contributed by atoms with Crippen molar-refractivity contribution >= 4 is 10.9 Å². The summed E-state index contributed by atoms with van der Waals surface area (Å²) < 4.78 is 21.0. The topological polar surface area (TPSA) is 54.7 Å². The van der Waals surface area contributed by atoms with Gasteiger partial charge < -0.3 is 14.4 Å². The molecular weight excluding hydrogens is 419 g/mol. The molecule has 0 unspecified atom stereocenters. The summed E-state index contributed by atoms with van der Waals surface area (Å²) >= 11 is 0.